The van der Waals surface area contributed by atoms with E-state index in [1.807, 2.05) is 36.4 Å². The predicted molar refractivity (Wildman–Crippen MR) is 130 cm³/mol. The lowest BCUT2D eigenvalue weighted by Gasteiger charge is -2.28. The highest BCUT2D eigenvalue weighted by Gasteiger charge is 2.35. The van der Waals surface area contributed by atoms with Crippen molar-refractivity contribution in [2.24, 2.45) is 0 Å². The van der Waals surface area contributed by atoms with Crippen LogP contribution in [0.15, 0.2) is 71.1 Å². The molecule has 0 bridgehead atoms. The maximum absolute atomic E-state index is 13.6. The Labute approximate surface area is 205 Å². The number of nitrogens with one attached hydrogen (secondary N) is 1. The molecule has 36 heavy (non-hydrogen) atoms. The van der Waals surface area contributed by atoms with E-state index in [1.165, 1.54) is 19.2 Å². The maximum Gasteiger partial charge on any atom is 0.414 e. The molecule has 0 spiro atoms. The number of amides is 1. The van der Waals surface area contributed by atoms with E-state index in [0.29, 0.717) is 35.1 Å². The van der Waals surface area contributed by atoms with Crippen molar-refractivity contribution in [1.82, 2.24) is 5.32 Å². The van der Waals surface area contributed by atoms with Gasteiger partial charge in [-0.25, -0.2) is 18.0 Å². The molecule has 1 aliphatic carbocycles. The van der Waals surface area contributed by atoms with E-state index < -0.39 is 12.0 Å². The summed E-state index contributed by atoms with van der Waals surface area (Å²) in [6, 6.07) is 18.9. The molecule has 0 atom stereocenters. The third-order valence-electron chi connectivity index (χ3n) is 6.30. The van der Waals surface area contributed by atoms with Gasteiger partial charge in [0.15, 0.2) is 0 Å². The van der Waals surface area contributed by atoms with E-state index >= 15 is 0 Å². The highest BCUT2D eigenvalue weighted by atomic mass is 19.3. The summed E-state index contributed by atoms with van der Waals surface area (Å²) in [5, 5.41) is 3.08. The maximum atomic E-state index is 13.6. The van der Waals surface area contributed by atoms with Crippen LogP contribution in [-0.4, -0.2) is 25.2 Å². The van der Waals surface area contributed by atoms with Crippen molar-refractivity contribution in [1.29, 1.82) is 0 Å². The number of rotatable bonds is 5. The summed E-state index contributed by atoms with van der Waals surface area (Å²) in [5.41, 5.74) is 3.69. The number of hydrogen-bond acceptors (Lipinski definition) is 4. The Bertz CT molecular complexity index is 1370. The van der Waals surface area contributed by atoms with Crippen LogP contribution >= 0.6 is 0 Å². The Kier molecular flexibility index (Phi) is 6.35. The number of carbonyl (C=O) groups excluding carboxylic acids is 1. The fourth-order valence-corrected chi connectivity index (χ4v) is 4.38. The smallest absolute Gasteiger partial charge is 0.414 e. The van der Waals surface area contributed by atoms with E-state index in [-0.39, 0.29) is 30.7 Å². The molecule has 0 radical (unpaired) electrons. The zero-order chi connectivity index (χ0) is 25.3. The van der Waals surface area contributed by atoms with Crippen LogP contribution in [0.4, 0.5) is 18.0 Å². The topological polar surface area (TPSA) is 60.7 Å². The molecule has 1 aliphatic rings. The van der Waals surface area contributed by atoms with Gasteiger partial charge in [-0.05, 0) is 65.9 Å². The van der Waals surface area contributed by atoms with Crippen LogP contribution in [-0.2, 0) is 0 Å². The fraction of sp³-hybridized carbons (Fsp3) is 0.250. The zero-order valence-corrected chi connectivity index (χ0v) is 19.5. The van der Waals surface area contributed by atoms with Gasteiger partial charge in [0.25, 0.3) is 5.95 Å². The number of carbonyl (C=O) groups is 1. The first kappa shape index (κ1) is 23.8. The summed E-state index contributed by atoms with van der Waals surface area (Å²) in [4.78, 5) is 11.7. The zero-order valence-electron chi connectivity index (χ0n) is 19.5. The van der Waals surface area contributed by atoms with Gasteiger partial charge in [0.05, 0.1) is 6.10 Å². The van der Waals surface area contributed by atoms with Gasteiger partial charge >= 0.3 is 6.09 Å². The Balaban J connectivity index is 1.46. The lowest BCUT2D eigenvalue weighted by molar-refractivity contribution is -0.0582. The van der Waals surface area contributed by atoms with Crippen LogP contribution < -0.4 is 14.8 Å². The van der Waals surface area contributed by atoms with Gasteiger partial charge in [-0.3, -0.25) is 0 Å². The molecule has 3 aromatic carbocycles. The van der Waals surface area contributed by atoms with Gasteiger partial charge in [-0.1, -0.05) is 24.3 Å². The van der Waals surface area contributed by atoms with E-state index in [9.17, 15) is 18.0 Å². The average Bonchev–Trinajstić information content (AvgIpc) is 3.28. The molecular weight excluding hydrogens is 471 g/mol. The molecule has 0 aliphatic heterocycles. The number of furan rings is 1. The number of hydrogen-bond donors (Lipinski definition) is 1. The minimum absolute atomic E-state index is 0.0340. The quantitative estimate of drug-likeness (QED) is 0.310. The first-order chi connectivity index (χ1) is 17.3. The van der Waals surface area contributed by atoms with Crippen molar-refractivity contribution in [3.05, 3.63) is 72.5 Å². The minimum atomic E-state index is -2.59. The fourth-order valence-electron chi connectivity index (χ4n) is 4.38. The van der Waals surface area contributed by atoms with Crippen molar-refractivity contribution < 1.29 is 31.9 Å². The molecule has 0 saturated heterocycles. The van der Waals surface area contributed by atoms with Crippen molar-refractivity contribution in [2.45, 2.75) is 37.7 Å². The van der Waals surface area contributed by atoms with Gasteiger partial charge < -0.3 is 19.2 Å². The Hall–Kier alpha value is -3.94. The molecule has 1 amide bonds. The van der Waals surface area contributed by atoms with Gasteiger partial charge in [-0.2, -0.15) is 0 Å². The molecule has 1 aromatic heterocycles. The minimum Gasteiger partial charge on any atom is -0.490 e. The first-order valence-electron chi connectivity index (χ1n) is 11.7. The summed E-state index contributed by atoms with van der Waals surface area (Å²) in [5.74, 6) is -2.29. The molecule has 1 saturated carbocycles. The Morgan fingerprint density at radius 2 is 1.61 bits per heavy atom. The first-order valence-corrected chi connectivity index (χ1v) is 11.7. The van der Waals surface area contributed by atoms with Gasteiger partial charge in [0, 0.05) is 36.9 Å². The van der Waals surface area contributed by atoms with Crippen molar-refractivity contribution in [2.75, 3.05) is 7.05 Å². The van der Waals surface area contributed by atoms with Gasteiger partial charge in [0.1, 0.15) is 17.1 Å². The summed E-state index contributed by atoms with van der Waals surface area (Å²) < 4.78 is 57.3. The normalized spacial score (nSPS) is 15.6. The Morgan fingerprint density at radius 1 is 0.944 bits per heavy atom. The average molecular weight is 495 g/mol. The van der Waals surface area contributed by atoms with E-state index in [4.69, 9.17) is 13.9 Å². The molecular formula is C28H24F3NO4. The number of benzene rings is 3. The molecule has 5 rings (SSSR count). The van der Waals surface area contributed by atoms with Crippen LogP contribution in [0.25, 0.3) is 33.2 Å². The second-order valence-electron chi connectivity index (χ2n) is 8.85. The molecule has 8 heteroatoms. The van der Waals surface area contributed by atoms with Crippen LogP contribution in [0.3, 0.4) is 0 Å². The third-order valence-corrected chi connectivity index (χ3v) is 6.30. The van der Waals surface area contributed by atoms with E-state index in [2.05, 4.69) is 5.32 Å². The highest BCUT2D eigenvalue weighted by molar-refractivity contribution is 5.97. The summed E-state index contributed by atoms with van der Waals surface area (Å²) in [7, 11) is 1.45. The number of fused-ring (bicyclic) bond motifs is 1. The van der Waals surface area contributed by atoms with Crippen molar-refractivity contribution in [3.63, 3.8) is 0 Å². The molecule has 1 heterocycles. The van der Waals surface area contributed by atoms with Crippen LogP contribution in [0.2, 0.25) is 0 Å². The second-order valence-corrected chi connectivity index (χ2v) is 8.85. The van der Waals surface area contributed by atoms with Crippen molar-refractivity contribution in [3.8, 4) is 33.9 Å². The van der Waals surface area contributed by atoms with Crippen LogP contribution in [0, 0.1) is 5.82 Å². The van der Waals surface area contributed by atoms with E-state index in [0.717, 1.165) is 16.7 Å². The third kappa shape index (κ3) is 5.17. The van der Waals surface area contributed by atoms with E-state index in [1.54, 1.807) is 18.2 Å². The molecule has 1 fully saturated rings. The number of ether oxygens (including phenoxy) is 2. The molecule has 4 aromatic rings. The lowest BCUT2D eigenvalue weighted by atomic mass is 9.94. The van der Waals surface area contributed by atoms with Crippen LogP contribution in [0.1, 0.15) is 25.7 Å². The lowest BCUT2D eigenvalue weighted by Crippen LogP contribution is -2.30. The molecule has 0 unspecified atom stereocenters. The molecule has 5 nitrogen and oxygen atoms in total. The number of alkyl halides is 2. The largest absolute Gasteiger partial charge is 0.490 e. The number of halogens is 3. The predicted octanol–water partition coefficient (Wildman–Crippen LogP) is 7.58. The van der Waals surface area contributed by atoms with Gasteiger partial charge in [0.2, 0.25) is 5.92 Å². The summed E-state index contributed by atoms with van der Waals surface area (Å²) in [6.07, 6.45) is -0.534. The van der Waals surface area contributed by atoms with Gasteiger partial charge in [-0.15, -0.1) is 0 Å². The summed E-state index contributed by atoms with van der Waals surface area (Å²) >= 11 is 0. The molecule has 1 N–H and O–H groups in total. The molecule has 186 valence electrons. The monoisotopic (exact) mass is 495 g/mol. The standard InChI is InChI=1S/C28H24F3NO4/c1-32-27(33)36-25-16-20-14-19(15-24(26(20)35-25)18-2-6-21(29)7-3-18)17-4-8-22(9-5-17)34-23-10-12-28(30,31)13-11-23/h2-9,14-16,23H,10-13H2,1H3,(H,32,33). The second kappa shape index (κ2) is 9.60. The van der Waals surface area contributed by atoms with Crippen LogP contribution in [0.5, 0.6) is 11.7 Å². The highest BCUT2D eigenvalue weighted by Crippen LogP contribution is 2.39. The van der Waals surface area contributed by atoms with Crippen molar-refractivity contribution >= 4 is 17.1 Å². The Morgan fingerprint density at radius 3 is 2.28 bits per heavy atom. The SMILES string of the molecule is CNC(=O)Oc1cc2cc(-c3ccc(OC4CCC(F)(F)CC4)cc3)cc(-c3ccc(F)cc3)c2o1. The summed E-state index contributed by atoms with van der Waals surface area (Å²) in [6.45, 7) is 0.